The van der Waals surface area contributed by atoms with Gasteiger partial charge in [0.15, 0.2) is 5.78 Å². The van der Waals surface area contributed by atoms with Crippen molar-refractivity contribution in [1.82, 2.24) is 0 Å². The summed E-state index contributed by atoms with van der Waals surface area (Å²) in [5.74, 6) is 1.50. The second kappa shape index (κ2) is 3.58. The molecular weight excluding hydrogens is 196 g/mol. The van der Waals surface area contributed by atoms with Crippen LogP contribution in [0.25, 0.3) is 0 Å². The van der Waals surface area contributed by atoms with Crippen LogP contribution in [0, 0.1) is 18.8 Å². The highest BCUT2D eigenvalue weighted by molar-refractivity contribution is 6.09. The van der Waals surface area contributed by atoms with Gasteiger partial charge in [-0.3, -0.25) is 4.79 Å². The van der Waals surface area contributed by atoms with Crippen molar-refractivity contribution in [3.05, 3.63) is 47.0 Å². The van der Waals surface area contributed by atoms with Gasteiger partial charge in [0.25, 0.3) is 0 Å². The average Bonchev–Trinajstić information content (AvgIpc) is 2.91. The van der Waals surface area contributed by atoms with Crippen LogP contribution in [0.3, 0.4) is 0 Å². The van der Waals surface area contributed by atoms with Crippen LogP contribution in [0.1, 0.15) is 35.2 Å². The van der Waals surface area contributed by atoms with Gasteiger partial charge in [0.1, 0.15) is 0 Å². The molecule has 1 fully saturated rings. The van der Waals surface area contributed by atoms with E-state index in [1.54, 1.807) is 0 Å². The lowest BCUT2D eigenvalue weighted by atomic mass is 9.91. The fourth-order valence-electron chi connectivity index (χ4n) is 2.97. The Labute approximate surface area is 96.2 Å². The predicted molar refractivity (Wildman–Crippen MR) is 64.4 cm³/mol. The van der Waals surface area contributed by atoms with Gasteiger partial charge >= 0.3 is 0 Å². The van der Waals surface area contributed by atoms with Crippen molar-refractivity contribution in [2.75, 3.05) is 0 Å². The fourth-order valence-corrected chi connectivity index (χ4v) is 2.97. The van der Waals surface area contributed by atoms with Crippen LogP contribution in [0.2, 0.25) is 0 Å². The molecule has 0 saturated heterocycles. The maximum Gasteiger partial charge on any atom is 0.188 e. The van der Waals surface area contributed by atoms with E-state index in [-0.39, 0.29) is 5.78 Å². The van der Waals surface area contributed by atoms with Gasteiger partial charge in [-0.2, -0.15) is 0 Å². The quantitative estimate of drug-likeness (QED) is 0.685. The van der Waals surface area contributed by atoms with Crippen molar-refractivity contribution in [3.63, 3.8) is 0 Å². The number of hydrogen-bond donors (Lipinski definition) is 0. The highest BCUT2D eigenvalue weighted by atomic mass is 16.1. The lowest BCUT2D eigenvalue weighted by Crippen LogP contribution is -2.09. The SMILES string of the molecule is Cc1ccc(C(=O)C2=CC3CCC2C3)cc1. The Kier molecular flexibility index (Phi) is 2.20. The van der Waals surface area contributed by atoms with Crippen molar-refractivity contribution >= 4 is 5.78 Å². The number of aryl methyl sites for hydroxylation is 1. The number of fused-ring (bicyclic) bond motifs is 2. The molecule has 16 heavy (non-hydrogen) atoms. The molecule has 82 valence electrons. The predicted octanol–water partition coefficient (Wildman–Crippen LogP) is 3.53. The molecule has 0 spiro atoms. The third-order valence-electron chi connectivity index (χ3n) is 3.90. The summed E-state index contributed by atoms with van der Waals surface area (Å²) in [6.07, 6.45) is 5.94. The highest BCUT2D eigenvalue weighted by Crippen LogP contribution is 2.44. The summed E-state index contributed by atoms with van der Waals surface area (Å²) < 4.78 is 0. The molecule has 0 radical (unpaired) electrons. The standard InChI is InChI=1S/C15H16O/c1-10-2-5-12(6-3-10)15(16)14-9-11-4-7-13(14)8-11/h2-3,5-6,9,11,13H,4,7-8H2,1H3. The molecule has 2 unspecified atom stereocenters. The first-order valence-corrected chi connectivity index (χ1v) is 6.07. The van der Waals surface area contributed by atoms with E-state index in [2.05, 4.69) is 6.08 Å². The van der Waals surface area contributed by atoms with Gasteiger partial charge in [-0.15, -0.1) is 0 Å². The maximum atomic E-state index is 12.3. The van der Waals surface area contributed by atoms with Crippen LogP contribution >= 0.6 is 0 Å². The van der Waals surface area contributed by atoms with E-state index in [1.165, 1.54) is 24.8 Å². The number of allylic oxidation sites excluding steroid dienone is 2. The highest BCUT2D eigenvalue weighted by Gasteiger charge is 2.35. The molecule has 2 atom stereocenters. The Morgan fingerprint density at radius 2 is 1.94 bits per heavy atom. The number of ketones is 1. The average molecular weight is 212 g/mol. The Morgan fingerprint density at radius 3 is 2.50 bits per heavy atom. The molecule has 1 saturated carbocycles. The minimum atomic E-state index is 0.257. The number of benzene rings is 1. The van der Waals surface area contributed by atoms with Crippen molar-refractivity contribution in [1.29, 1.82) is 0 Å². The molecule has 2 aliphatic carbocycles. The van der Waals surface area contributed by atoms with E-state index >= 15 is 0 Å². The van der Waals surface area contributed by atoms with E-state index in [0.29, 0.717) is 11.8 Å². The summed E-state index contributed by atoms with van der Waals surface area (Å²) in [7, 11) is 0. The van der Waals surface area contributed by atoms with E-state index in [0.717, 1.165) is 11.1 Å². The van der Waals surface area contributed by atoms with Gasteiger partial charge in [-0.05, 0) is 43.6 Å². The van der Waals surface area contributed by atoms with E-state index in [1.807, 2.05) is 31.2 Å². The Bertz CT molecular complexity index is 453. The molecular formula is C15H16O. The van der Waals surface area contributed by atoms with Gasteiger partial charge in [-0.25, -0.2) is 0 Å². The molecule has 0 heterocycles. The van der Waals surface area contributed by atoms with Crippen LogP contribution in [0.5, 0.6) is 0 Å². The zero-order valence-electron chi connectivity index (χ0n) is 9.57. The van der Waals surface area contributed by atoms with Crippen molar-refractivity contribution in [2.24, 2.45) is 11.8 Å². The van der Waals surface area contributed by atoms with Gasteiger partial charge < -0.3 is 0 Å². The molecule has 1 aromatic rings. The normalized spacial score (nSPS) is 26.9. The van der Waals surface area contributed by atoms with Crippen LogP contribution in [0.15, 0.2) is 35.9 Å². The number of carbonyl (C=O) groups excluding carboxylic acids is 1. The smallest absolute Gasteiger partial charge is 0.188 e. The largest absolute Gasteiger partial charge is 0.289 e. The molecule has 0 aliphatic heterocycles. The number of carbonyl (C=O) groups is 1. The Hall–Kier alpha value is -1.37. The van der Waals surface area contributed by atoms with Gasteiger partial charge in [0.05, 0.1) is 0 Å². The zero-order valence-corrected chi connectivity index (χ0v) is 9.57. The zero-order chi connectivity index (χ0) is 11.1. The summed E-state index contributed by atoms with van der Waals surface area (Å²) in [5.41, 5.74) is 3.14. The maximum absolute atomic E-state index is 12.3. The van der Waals surface area contributed by atoms with Crippen LogP contribution in [0.4, 0.5) is 0 Å². The van der Waals surface area contributed by atoms with Crippen molar-refractivity contribution in [3.8, 4) is 0 Å². The molecule has 1 nitrogen and oxygen atoms in total. The molecule has 0 aromatic heterocycles. The minimum Gasteiger partial charge on any atom is -0.289 e. The van der Waals surface area contributed by atoms with E-state index in [9.17, 15) is 4.79 Å². The summed E-state index contributed by atoms with van der Waals surface area (Å²) in [6.45, 7) is 2.05. The monoisotopic (exact) mass is 212 g/mol. The number of hydrogen-bond acceptors (Lipinski definition) is 1. The molecule has 2 bridgehead atoms. The molecule has 0 N–H and O–H groups in total. The summed E-state index contributed by atoms with van der Waals surface area (Å²) in [5, 5.41) is 0. The van der Waals surface area contributed by atoms with Crippen LogP contribution < -0.4 is 0 Å². The minimum absolute atomic E-state index is 0.257. The molecule has 3 rings (SSSR count). The van der Waals surface area contributed by atoms with Gasteiger partial charge in [0.2, 0.25) is 0 Å². The van der Waals surface area contributed by atoms with E-state index < -0.39 is 0 Å². The molecule has 0 amide bonds. The lowest BCUT2D eigenvalue weighted by Gasteiger charge is -2.12. The van der Waals surface area contributed by atoms with Crippen molar-refractivity contribution in [2.45, 2.75) is 26.2 Å². The summed E-state index contributed by atoms with van der Waals surface area (Å²) in [6, 6.07) is 7.93. The first-order valence-electron chi connectivity index (χ1n) is 6.07. The summed E-state index contributed by atoms with van der Waals surface area (Å²) in [4.78, 5) is 12.3. The molecule has 1 aromatic carbocycles. The molecule has 2 aliphatic rings. The number of rotatable bonds is 2. The van der Waals surface area contributed by atoms with E-state index in [4.69, 9.17) is 0 Å². The van der Waals surface area contributed by atoms with Gasteiger partial charge in [0, 0.05) is 5.56 Å². The van der Waals surface area contributed by atoms with Crippen LogP contribution in [-0.4, -0.2) is 5.78 Å². The first-order chi connectivity index (χ1) is 7.74. The second-order valence-corrected chi connectivity index (χ2v) is 5.09. The summed E-state index contributed by atoms with van der Waals surface area (Å²) >= 11 is 0. The molecule has 1 heteroatoms. The van der Waals surface area contributed by atoms with Crippen LogP contribution in [-0.2, 0) is 0 Å². The Balaban J connectivity index is 1.89. The number of Topliss-reactive ketones (excluding diaryl/α,β-unsaturated/α-hetero) is 1. The third-order valence-corrected chi connectivity index (χ3v) is 3.90. The van der Waals surface area contributed by atoms with Gasteiger partial charge in [-0.1, -0.05) is 35.9 Å². The van der Waals surface area contributed by atoms with Crippen molar-refractivity contribution < 1.29 is 4.79 Å². The first kappa shape index (κ1) is 9.83. The second-order valence-electron chi connectivity index (χ2n) is 5.09. The Morgan fingerprint density at radius 1 is 1.19 bits per heavy atom. The fraction of sp³-hybridized carbons (Fsp3) is 0.400. The third kappa shape index (κ3) is 1.51. The lowest BCUT2D eigenvalue weighted by molar-refractivity contribution is 0.102. The topological polar surface area (TPSA) is 17.1 Å².